The maximum absolute atomic E-state index is 12.2. The van der Waals surface area contributed by atoms with Crippen molar-refractivity contribution in [1.29, 1.82) is 0 Å². The molecule has 0 aromatic carbocycles. The molecule has 0 aliphatic rings. The maximum Gasteiger partial charge on any atom is 0.306 e. The van der Waals surface area contributed by atoms with Gasteiger partial charge in [0.1, 0.15) is 0 Å². The molecule has 7 heteroatoms. The minimum atomic E-state index is -3.92. The number of nitrogen functional groups attached to an aromatic ring is 1. The standard InChI is InChI=1S/C5H5FN2.CH4O3S/c6-4-2-1-3-8-5(4)7;1-5(2,3)4/h1-3H,(H2,7,8);1H3,(H,2,3,4). The van der Waals surface area contributed by atoms with Crippen LogP contribution >= 0.6 is 0 Å². The Balaban J connectivity index is 0.000000252. The molecule has 0 bridgehead atoms. The largest absolute Gasteiger partial charge is 0.748 e. The summed E-state index contributed by atoms with van der Waals surface area (Å²) in [5.41, 5.74) is 5.09. The van der Waals surface area contributed by atoms with Gasteiger partial charge < -0.3 is 4.55 Å². The summed E-state index contributed by atoms with van der Waals surface area (Å²) in [6.45, 7) is 0. The van der Waals surface area contributed by atoms with Crippen molar-refractivity contribution in [2.45, 2.75) is 0 Å². The van der Waals surface area contributed by atoms with Gasteiger partial charge in [-0.05, 0) is 12.1 Å². The van der Waals surface area contributed by atoms with E-state index in [1.807, 2.05) is 0 Å². The molecule has 0 saturated carbocycles. The molecule has 0 fully saturated rings. The summed E-state index contributed by atoms with van der Waals surface area (Å²) in [5.74, 6) is -0.333. The molecular formula is C6H9FN2O3S. The van der Waals surface area contributed by atoms with Gasteiger partial charge in [0.2, 0.25) is 5.82 Å². The van der Waals surface area contributed by atoms with Gasteiger partial charge in [-0.2, -0.15) is 4.39 Å². The third-order valence-corrected chi connectivity index (χ3v) is 0.835. The Hall–Kier alpha value is -1.21. The highest BCUT2D eigenvalue weighted by molar-refractivity contribution is 7.84. The van der Waals surface area contributed by atoms with E-state index < -0.39 is 15.9 Å². The van der Waals surface area contributed by atoms with Crippen molar-refractivity contribution in [2.24, 2.45) is 0 Å². The Kier molecular flexibility index (Phi) is 4.29. The Morgan fingerprint density at radius 3 is 2.31 bits per heavy atom. The summed E-state index contributed by atoms with van der Waals surface area (Å²) in [6, 6.07) is 2.84. The van der Waals surface area contributed by atoms with Crippen LogP contribution in [0, 0.1) is 5.82 Å². The molecule has 74 valence electrons. The van der Waals surface area contributed by atoms with Gasteiger partial charge in [-0.3, -0.25) is 5.73 Å². The monoisotopic (exact) mass is 208 g/mol. The van der Waals surface area contributed by atoms with Crippen molar-refractivity contribution in [2.75, 3.05) is 12.0 Å². The van der Waals surface area contributed by atoms with E-state index in [-0.39, 0.29) is 5.82 Å². The van der Waals surface area contributed by atoms with Gasteiger partial charge >= 0.3 is 5.82 Å². The second-order valence-corrected chi connectivity index (χ2v) is 3.54. The lowest BCUT2D eigenvalue weighted by atomic mass is 10.4. The van der Waals surface area contributed by atoms with Crippen molar-refractivity contribution in [3.05, 3.63) is 24.1 Å². The van der Waals surface area contributed by atoms with Crippen LogP contribution in [0.5, 0.6) is 0 Å². The lowest BCUT2D eigenvalue weighted by molar-refractivity contribution is -0.362. The van der Waals surface area contributed by atoms with Crippen LogP contribution in [-0.2, 0) is 10.1 Å². The average Bonchev–Trinajstić information content (AvgIpc) is 1.92. The summed E-state index contributed by atoms with van der Waals surface area (Å²) in [7, 11) is -3.92. The number of anilines is 1. The Bertz CT molecular complexity index is 337. The lowest BCUT2D eigenvalue weighted by Gasteiger charge is -1.90. The number of rotatable bonds is 0. The molecule has 1 aromatic heterocycles. The summed E-state index contributed by atoms with van der Waals surface area (Å²) in [4.78, 5) is 2.50. The highest BCUT2D eigenvalue weighted by Gasteiger charge is 1.98. The van der Waals surface area contributed by atoms with Crippen LogP contribution in [0.2, 0.25) is 0 Å². The zero-order valence-corrected chi connectivity index (χ0v) is 7.64. The summed E-state index contributed by atoms with van der Waals surface area (Å²) >= 11 is 0. The normalized spacial score (nSPS) is 10.1. The molecular weight excluding hydrogens is 199 g/mol. The summed E-state index contributed by atoms with van der Waals surface area (Å²) in [6.07, 6.45) is 2.17. The second kappa shape index (κ2) is 4.73. The molecule has 0 saturated heterocycles. The molecule has 0 unspecified atom stereocenters. The van der Waals surface area contributed by atoms with Crippen LogP contribution in [0.4, 0.5) is 10.2 Å². The molecule has 3 N–H and O–H groups in total. The molecule has 5 nitrogen and oxygen atoms in total. The SMILES string of the molecule is CS(=O)(=O)[O-].Nc1[nH+]cccc1F. The zero-order valence-electron chi connectivity index (χ0n) is 6.82. The van der Waals surface area contributed by atoms with E-state index >= 15 is 0 Å². The molecule has 0 aliphatic heterocycles. The summed E-state index contributed by atoms with van der Waals surface area (Å²) < 4.78 is 39.4. The molecule has 1 aromatic rings. The van der Waals surface area contributed by atoms with Gasteiger partial charge in [-0.25, -0.2) is 13.4 Å². The first-order chi connectivity index (χ1) is 5.80. The van der Waals surface area contributed by atoms with Crippen LogP contribution < -0.4 is 10.7 Å². The number of hydrogen-bond acceptors (Lipinski definition) is 4. The third kappa shape index (κ3) is 8.70. The quantitative estimate of drug-likeness (QED) is 0.574. The molecule has 0 amide bonds. The predicted octanol–water partition coefficient (Wildman–Crippen LogP) is -0.617. The number of hydrogen-bond donors (Lipinski definition) is 1. The van der Waals surface area contributed by atoms with E-state index in [1.54, 1.807) is 12.3 Å². The fraction of sp³-hybridized carbons (Fsp3) is 0.167. The highest BCUT2D eigenvalue weighted by atomic mass is 32.2. The smallest absolute Gasteiger partial charge is 0.306 e. The number of aromatic nitrogens is 1. The van der Waals surface area contributed by atoms with Gasteiger partial charge in [0, 0.05) is 6.26 Å². The molecule has 1 heterocycles. The Morgan fingerprint density at radius 1 is 1.62 bits per heavy atom. The van der Waals surface area contributed by atoms with Gasteiger partial charge in [-0.15, -0.1) is 0 Å². The van der Waals surface area contributed by atoms with Crippen molar-refractivity contribution in [3.63, 3.8) is 0 Å². The van der Waals surface area contributed by atoms with Crippen molar-refractivity contribution >= 4 is 15.9 Å². The number of nitrogens with two attached hydrogens (primary N) is 1. The Morgan fingerprint density at radius 2 is 2.08 bits per heavy atom. The van der Waals surface area contributed by atoms with Crippen LogP contribution in [0.3, 0.4) is 0 Å². The van der Waals surface area contributed by atoms with Crippen molar-refractivity contribution in [1.82, 2.24) is 0 Å². The molecule has 0 spiro atoms. The topological polar surface area (TPSA) is 97.4 Å². The predicted molar refractivity (Wildman–Crippen MR) is 43.0 cm³/mol. The number of pyridine rings is 1. The lowest BCUT2D eigenvalue weighted by Crippen LogP contribution is -2.10. The fourth-order valence-electron chi connectivity index (χ4n) is 0.429. The molecule has 1 rings (SSSR count). The van der Waals surface area contributed by atoms with Gasteiger partial charge in [-0.1, -0.05) is 0 Å². The first kappa shape index (κ1) is 11.8. The van der Waals surface area contributed by atoms with E-state index in [4.69, 9.17) is 18.7 Å². The maximum atomic E-state index is 12.2. The molecule has 13 heavy (non-hydrogen) atoms. The average molecular weight is 208 g/mol. The number of halogens is 1. The first-order valence-corrected chi connectivity index (χ1v) is 4.95. The first-order valence-electron chi connectivity index (χ1n) is 3.13. The van der Waals surface area contributed by atoms with Gasteiger partial charge in [0.15, 0.2) is 0 Å². The number of H-pyrrole nitrogens is 1. The molecule has 0 radical (unpaired) electrons. The van der Waals surface area contributed by atoms with Gasteiger partial charge in [0.25, 0.3) is 0 Å². The number of aromatic amines is 1. The van der Waals surface area contributed by atoms with Crippen LogP contribution in [-0.4, -0.2) is 19.2 Å². The van der Waals surface area contributed by atoms with E-state index in [0.29, 0.717) is 6.26 Å². The highest BCUT2D eigenvalue weighted by Crippen LogP contribution is 1.97. The second-order valence-electron chi connectivity index (χ2n) is 2.14. The van der Waals surface area contributed by atoms with Crippen molar-refractivity contribution < 1.29 is 22.3 Å². The van der Waals surface area contributed by atoms with Gasteiger partial charge in [0.05, 0.1) is 16.3 Å². The van der Waals surface area contributed by atoms with Crippen LogP contribution in [0.25, 0.3) is 0 Å². The van der Waals surface area contributed by atoms with Crippen LogP contribution in [0.1, 0.15) is 0 Å². The van der Waals surface area contributed by atoms with E-state index in [0.717, 1.165) is 0 Å². The Labute approximate surface area is 75.2 Å². The zero-order chi connectivity index (χ0) is 10.5. The minimum absolute atomic E-state index is 0.0764. The summed E-state index contributed by atoms with van der Waals surface area (Å²) in [5, 5.41) is 0. The minimum Gasteiger partial charge on any atom is -0.748 e. The number of nitrogens with one attached hydrogen (secondary N) is 1. The molecule has 0 aliphatic carbocycles. The van der Waals surface area contributed by atoms with E-state index in [9.17, 15) is 4.39 Å². The third-order valence-electron chi connectivity index (χ3n) is 0.835. The van der Waals surface area contributed by atoms with Crippen molar-refractivity contribution in [3.8, 4) is 0 Å². The fourth-order valence-corrected chi connectivity index (χ4v) is 0.429. The van der Waals surface area contributed by atoms with E-state index in [1.165, 1.54) is 6.07 Å². The van der Waals surface area contributed by atoms with Crippen LogP contribution in [0.15, 0.2) is 18.3 Å². The molecule has 0 atom stereocenters. The van der Waals surface area contributed by atoms with E-state index in [2.05, 4.69) is 4.98 Å².